The number of aromatic hydroxyl groups is 1. The number of nitrogens with zero attached hydrogens (tertiary/aromatic N) is 3. The SMILES string of the molecule is N#Cc1cc(C(=O)Nc2cccc3ncn(Cc4ccccc4F)c(=O)c23)cc(Cl)c1O. The number of hydrogen-bond acceptors (Lipinski definition) is 5. The number of halogens is 2. The Morgan fingerprint density at radius 2 is 2.00 bits per heavy atom. The predicted octanol–water partition coefficient (Wildman–Crippen LogP) is 4.07. The number of anilines is 1. The van der Waals surface area contributed by atoms with Crippen molar-refractivity contribution < 1.29 is 14.3 Å². The molecule has 0 unspecified atom stereocenters. The molecule has 0 aliphatic heterocycles. The molecule has 158 valence electrons. The minimum atomic E-state index is -0.639. The number of carbonyl (C=O) groups is 1. The summed E-state index contributed by atoms with van der Waals surface area (Å²) in [6.45, 7) is -0.0319. The van der Waals surface area contributed by atoms with Crippen LogP contribution in [0.2, 0.25) is 5.02 Å². The number of fused-ring (bicyclic) bond motifs is 1. The molecule has 1 amide bonds. The average Bonchev–Trinajstić information content (AvgIpc) is 2.78. The van der Waals surface area contributed by atoms with Crippen LogP contribution in [0.5, 0.6) is 5.75 Å². The van der Waals surface area contributed by atoms with Gasteiger partial charge in [-0.05, 0) is 30.3 Å². The summed E-state index contributed by atoms with van der Waals surface area (Å²) in [5.41, 5.74) is 0.261. The number of aromatic nitrogens is 2. The van der Waals surface area contributed by atoms with Gasteiger partial charge in [-0.1, -0.05) is 35.9 Å². The lowest BCUT2D eigenvalue weighted by Gasteiger charge is -2.12. The standard InChI is InChI=1S/C23H14ClFN4O3/c24-16-9-14(8-15(10-26)21(16)30)22(31)28-19-7-3-6-18-20(19)23(32)29(12-27-18)11-13-4-1-2-5-17(13)25/h1-9,12,30H,11H2,(H,28,31). The van der Waals surface area contributed by atoms with Crippen molar-refractivity contribution in [3.05, 3.63) is 98.8 Å². The fraction of sp³-hybridized carbons (Fsp3) is 0.0435. The Balaban J connectivity index is 1.74. The molecule has 4 aromatic rings. The van der Waals surface area contributed by atoms with Crippen LogP contribution in [0.4, 0.5) is 10.1 Å². The molecule has 3 aromatic carbocycles. The van der Waals surface area contributed by atoms with Crippen molar-refractivity contribution >= 4 is 34.1 Å². The zero-order valence-corrected chi connectivity index (χ0v) is 17.1. The quantitative estimate of drug-likeness (QED) is 0.489. The van der Waals surface area contributed by atoms with Crippen LogP contribution in [-0.4, -0.2) is 20.6 Å². The Hall–Kier alpha value is -4.22. The molecule has 0 atom stereocenters. The number of hydrogen-bond donors (Lipinski definition) is 2. The van der Waals surface area contributed by atoms with Crippen LogP contribution in [0.1, 0.15) is 21.5 Å². The van der Waals surface area contributed by atoms with E-state index in [-0.39, 0.29) is 33.8 Å². The van der Waals surface area contributed by atoms with Crippen molar-refractivity contribution in [2.75, 3.05) is 5.32 Å². The number of carbonyl (C=O) groups excluding carboxylic acids is 1. The number of benzene rings is 3. The summed E-state index contributed by atoms with van der Waals surface area (Å²) in [6.07, 6.45) is 1.32. The molecule has 0 saturated heterocycles. The molecule has 7 nitrogen and oxygen atoms in total. The highest BCUT2D eigenvalue weighted by Crippen LogP contribution is 2.29. The van der Waals surface area contributed by atoms with Crippen molar-refractivity contribution in [2.45, 2.75) is 6.54 Å². The summed E-state index contributed by atoms with van der Waals surface area (Å²) < 4.78 is 15.3. The molecule has 32 heavy (non-hydrogen) atoms. The van der Waals surface area contributed by atoms with Gasteiger partial charge in [-0.2, -0.15) is 5.26 Å². The normalized spacial score (nSPS) is 10.7. The Morgan fingerprint density at radius 3 is 2.75 bits per heavy atom. The van der Waals surface area contributed by atoms with E-state index in [4.69, 9.17) is 16.9 Å². The number of rotatable bonds is 4. The van der Waals surface area contributed by atoms with Crippen LogP contribution >= 0.6 is 11.6 Å². The molecule has 2 N–H and O–H groups in total. The number of amides is 1. The van der Waals surface area contributed by atoms with Gasteiger partial charge in [-0.25, -0.2) is 9.37 Å². The Morgan fingerprint density at radius 1 is 1.22 bits per heavy atom. The summed E-state index contributed by atoms with van der Waals surface area (Å²) in [5, 5.41) is 21.5. The van der Waals surface area contributed by atoms with E-state index >= 15 is 0 Å². The lowest BCUT2D eigenvalue weighted by Crippen LogP contribution is -2.23. The first-order chi connectivity index (χ1) is 15.4. The van der Waals surface area contributed by atoms with Crippen molar-refractivity contribution in [3.63, 3.8) is 0 Å². The fourth-order valence-electron chi connectivity index (χ4n) is 3.24. The molecule has 0 fully saturated rings. The van der Waals surface area contributed by atoms with Crippen molar-refractivity contribution in [1.29, 1.82) is 5.26 Å². The van der Waals surface area contributed by atoms with Gasteiger partial charge in [0.05, 0.1) is 40.0 Å². The molecule has 1 aromatic heterocycles. The molecular weight excluding hydrogens is 435 g/mol. The van der Waals surface area contributed by atoms with Gasteiger partial charge >= 0.3 is 0 Å². The highest BCUT2D eigenvalue weighted by molar-refractivity contribution is 6.32. The zero-order chi connectivity index (χ0) is 22.8. The first kappa shape index (κ1) is 21.0. The molecule has 0 aliphatic rings. The smallest absolute Gasteiger partial charge is 0.263 e. The number of nitriles is 1. The third kappa shape index (κ3) is 3.89. The molecule has 9 heteroatoms. The van der Waals surface area contributed by atoms with Crippen molar-refractivity contribution in [2.24, 2.45) is 0 Å². The molecule has 4 rings (SSSR count). The van der Waals surface area contributed by atoms with Crippen LogP contribution in [-0.2, 0) is 6.54 Å². The van der Waals surface area contributed by atoms with Crippen LogP contribution < -0.4 is 10.9 Å². The van der Waals surface area contributed by atoms with Crippen molar-refractivity contribution in [3.8, 4) is 11.8 Å². The first-order valence-electron chi connectivity index (χ1n) is 9.34. The van der Waals surface area contributed by atoms with Gasteiger partial charge in [-0.15, -0.1) is 0 Å². The molecule has 1 heterocycles. The summed E-state index contributed by atoms with van der Waals surface area (Å²) >= 11 is 5.90. The van der Waals surface area contributed by atoms with E-state index < -0.39 is 23.0 Å². The monoisotopic (exact) mass is 448 g/mol. The maximum Gasteiger partial charge on any atom is 0.263 e. The van der Waals surface area contributed by atoms with E-state index in [0.29, 0.717) is 11.1 Å². The fourth-order valence-corrected chi connectivity index (χ4v) is 3.46. The van der Waals surface area contributed by atoms with Crippen LogP contribution in [0.3, 0.4) is 0 Å². The van der Waals surface area contributed by atoms with Gasteiger partial charge in [0.2, 0.25) is 0 Å². The highest BCUT2D eigenvalue weighted by atomic mass is 35.5. The predicted molar refractivity (Wildman–Crippen MR) is 117 cm³/mol. The Labute approximate surface area is 185 Å². The van der Waals surface area contributed by atoms with E-state index in [2.05, 4.69) is 10.3 Å². The Kier molecular flexibility index (Phi) is 5.58. The number of nitrogens with one attached hydrogen (secondary N) is 1. The highest BCUT2D eigenvalue weighted by Gasteiger charge is 2.16. The van der Waals surface area contributed by atoms with Gasteiger partial charge < -0.3 is 10.4 Å². The van der Waals surface area contributed by atoms with Crippen LogP contribution in [0.25, 0.3) is 10.9 Å². The molecule has 0 bridgehead atoms. The van der Waals surface area contributed by atoms with Gasteiger partial charge in [0.1, 0.15) is 11.9 Å². The molecule has 0 spiro atoms. The largest absolute Gasteiger partial charge is 0.505 e. The maximum atomic E-state index is 14.0. The van der Waals surface area contributed by atoms with E-state index in [1.165, 1.54) is 35.2 Å². The van der Waals surface area contributed by atoms with Gasteiger partial charge in [0.25, 0.3) is 11.5 Å². The second kappa shape index (κ2) is 8.49. The average molecular weight is 449 g/mol. The minimum Gasteiger partial charge on any atom is -0.505 e. The molecular formula is C23H14ClFN4O3. The molecule has 0 radical (unpaired) electrons. The number of phenols is 1. The van der Waals surface area contributed by atoms with E-state index in [9.17, 15) is 19.1 Å². The lowest BCUT2D eigenvalue weighted by atomic mass is 10.1. The van der Waals surface area contributed by atoms with E-state index in [1.54, 1.807) is 36.4 Å². The van der Waals surface area contributed by atoms with Gasteiger partial charge in [0, 0.05) is 11.1 Å². The second-order valence-electron chi connectivity index (χ2n) is 6.89. The second-order valence-corrected chi connectivity index (χ2v) is 7.30. The maximum absolute atomic E-state index is 14.0. The van der Waals surface area contributed by atoms with Gasteiger partial charge in [0.15, 0.2) is 5.75 Å². The van der Waals surface area contributed by atoms with Gasteiger partial charge in [-0.3, -0.25) is 14.2 Å². The Bertz CT molecular complexity index is 1480. The van der Waals surface area contributed by atoms with Crippen LogP contribution in [0, 0.1) is 17.1 Å². The molecule has 0 aliphatic carbocycles. The summed E-state index contributed by atoms with van der Waals surface area (Å²) in [7, 11) is 0. The van der Waals surface area contributed by atoms with E-state index in [1.807, 2.05) is 0 Å². The lowest BCUT2D eigenvalue weighted by molar-refractivity contribution is 0.102. The summed E-state index contributed by atoms with van der Waals surface area (Å²) in [4.78, 5) is 30.2. The topological polar surface area (TPSA) is 108 Å². The first-order valence-corrected chi connectivity index (χ1v) is 9.72. The summed E-state index contributed by atoms with van der Waals surface area (Å²) in [5.74, 6) is -1.51. The molecule has 0 saturated carbocycles. The van der Waals surface area contributed by atoms with Crippen molar-refractivity contribution in [1.82, 2.24) is 9.55 Å². The summed E-state index contributed by atoms with van der Waals surface area (Å²) in [6, 6.07) is 15.0. The van der Waals surface area contributed by atoms with Crippen LogP contribution in [0.15, 0.2) is 65.7 Å². The third-order valence-electron chi connectivity index (χ3n) is 4.85. The zero-order valence-electron chi connectivity index (χ0n) is 16.3. The third-order valence-corrected chi connectivity index (χ3v) is 5.13. The number of phenolic OH excluding ortho intramolecular Hbond substituents is 1. The van der Waals surface area contributed by atoms with E-state index in [0.717, 1.165) is 0 Å². The minimum absolute atomic E-state index is 0.0249.